The number of methoxy groups -OCH3 is 1. The highest BCUT2D eigenvalue weighted by Gasteiger charge is 2.32. The second kappa shape index (κ2) is 18.1. The minimum Gasteiger partial charge on any atom is -0.490 e. The van der Waals surface area contributed by atoms with Crippen molar-refractivity contribution in [2.24, 2.45) is 17.1 Å². The molecule has 0 saturated heterocycles. The number of ether oxygens (including phenoxy) is 3. The Morgan fingerprint density at radius 1 is 1.21 bits per heavy atom. The second-order valence-electron chi connectivity index (χ2n) is 11.3. The van der Waals surface area contributed by atoms with Gasteiger partial charge in [-0.1, -0.05) is 75.2 Å². The lowest BCUT2D eigenvalue weighted by Gasteiger charge is -2.30. The fourth-order valence-corrected chi connectivity index (χ4v) is 4.19. The maximum Gasteiger partial charge on any atom is 0.404 e. The van der Waals surface area contributed by atoms with Gasteiger partial charge in [0.25, 0.3) is 0 Å². The molecule has 0 aromatic heterocycles. The van der Waals surface area contributed by atoms with Crippen LogP contribution in [0.1, 0.15) is 73.6 Å². The van der Waals surface area contributed by atoms with Crippen molar-refractivity contribution < 1.29 is 33.4 Å². The summed E-state index contributed by atoms with van der Waals surface area (Å²) in [6.45, 7) is 11.2. The van der Waals surface area contributed by atoms with Crippen LogP contribution in [0.25, 0.3) is 0 Å². The van der Waals surface area contributed by atoms with Gasteiger partial charge in [0.05, 0.1) is 7.11 Å². The summed E-state index contributed by atoms with van der Waals surface area (Å²) < 4.78 is 15.5. The van der Waals surface area contributed by atoms with Crippen molar-refractivity contribution in [1.82, 2.24) is 10.6 Å². The summed E-state index contributed by atoms with van der Waals surface area (Å²) in [5, 5.41) is 6.09. The first-order chi connectivity index (χ1) is 19.6. The smallest absolute Gasteiger partial charge is 0.404 e. The van der Waals surface area contributed by atoms with Crippen LogP contribution in [-0.2, 0) is 28.6 Å². The van der Waals surface area contributed by atoms with E-state index in [9.17, 15) is 19.2 Å². The third-order valence-corrected chi connectivity index (χ3v) is 6.52. The van der Waals surface area contributed by atoms with Crippen LogP contribution in [0.15, 0.2) is 59.0 Å². The summed E-state index contributed by atoms with van der Waals surface area (Å²) in [6.07, 6.45) is 12.7. The molecule has 234 valence electrons. The van der Waals surface area contributed by atoms with Crippen LogP contribution < -0.4 is 16.4 Å². The minimum atomic E-state index is -0.894. The summed E-state index contributed by atoms with van der Waals surface area (Å²) >= 11 is 5.85. The molecule has 0 radical (unpaired) electrons. The predicted octanol–water partition coefficient (Wildman–Crippen LogP) is 5.30. The van der Waals surface area contributed by atoms with Crippen LogP contribution >= 0.6 is 11.6 Å². The molecule has 0 unspecified atom stereocenters. The van der Waals surface area contributed by atoms with E-state index in [4.69, 9.17) is 31.5 Å². The number of allylic oxidation sites excluding steroid dienone is 4. The number of primary amides is 1. The number of carbonyl (C=O) groups excluding carboxylic acids is 4. The van der Waals surface area contributed by atoms with Crippen LogP contribution in [0, 0.1) is 11.3 Å². The molecule has 1 heterocycles. The third kappa shape index (κ3) is 14.4. The number of esters is 1. The minimum absolute atomic E-state index is 0.00454. The molecule has 1 rings (SSSR count). The van der Waals surface area contributed by atoms with Crippen LogP contribution in [-0.4, -0.2) is 49.2 Å². The molecule has 10 nitrogen and oxygen atoms in total. The number of halogens is 1. The highest BCUT2D eigenvalue weighted by atomic mass is 35.5. The Labute approximate surface area is 254 Å². The molecule has 0 aromatic carbocycles. The summed E-state index contributed by atoms with van der Waals surface area (Å²) in [4.78, 5) is 48.6. The Morgan fingerprint density at radius 2 is 1.90 bits per heavy atom. The fraction of sp³-hybridized carbons (Fsp3) is 0.548. The quantitative estimate of drug-likeness (QED) is 0.169. The van der Waals surface area contributed by atoms with E-state index in [0.29, 0.717) is 30.7 Å². The molecular weight excluding hydrogens is 562 g/mol. The van der Waals surface area contributed by atoms with E-state index in [0.717, 1.165) is 5.57 Å². The summed E-state index contributed by atoms with van der Waals surface area (Å²) in [7, 11) is 1.44. The third-order valence-electron chi connectivity index (χ3n) is 6.37. The van der Waals surface area contributed by atoms with Crippen molar-refractivity contribution in [3.8, 4) is 0 Å². The molecule has 0 bridgehead atoms. The lowest BCUT2D eigenvalue weighted by Crippen LogP contribution is -2.52. The molecule has 3 amide bonds. The summed E-state index contributed by atoms with van der Waals surface area (Å²) in [6, 6.07) is -0.772. The van der Waals surface area contributed by atoms with E-state index in [2.05, 4.69) is 10.6 Å². The Balaban J connectivity index is 2.62. The van der Waals surface area contributed by atoms with Gasteiger partial charge in [0.15, 0.2) is 5.76 Å². The molecule has 0 saturated carbocycles. The zero-order chi connectivity index (χ0) is 31.9. The van der Waals surface area contributed by atoms with E-state index >= 15 is 0 Å². The van der Waals surface area contributed by atoms with Crippen molar-refractivity contribution >= 4 is 35.5 Å². The van der Waals surface area contributed by atoms with Crippen LogP contribution in [0.3, 0.4) is 0 Å². The lowest BCUT2D eigenvalue weighted by molar-refractivity contribution is -0.151. The number of hydrogen-bond donors (Lipinski definition) is 3. The first-order valence-corrected chi connectivity index (χ1v) is 14.3. The number of amides is 3. The number of nitrogens with two attached hydrogens (primary N) is 1. The number of carbonyl (C=O) groups is 4. The first-order valence-electron chi connectivity index (χ1n) is 14.0. The first kappa shape index (κ1) is 36.5. The maximum absolute atomic E-state index is 12.9. The number of cyclic esters (lactones) is 1. The van der Waals surface area contributed by atoms with Gasteiger partial charge in [0, 0.05) is 36.6 Å². The molecule has 42 heavy (non-hydrogen) atoms. The monoisotopic (exact) mass is 607 g/mol. The average molecular weight is 608 g/mol. The Kier molecular flexibility index (Phi) is 15.7. The lowest BCUT2D eigenvalue weighted by atomic mass is 9.86. The maximum atomic E-state index is 12.9. The summed E-state index contributed by atoms with van der Waals surface area (Å²) in [5.41, 5.74) is 5.57. The topological polar surface area (TPSA) is 146 Å². The highest BCUT2D eigenvalue weighted by Crippen LogP contribution is 2.23. The van der Waals surface area contributed by atoms with E-state index < -0.39 is 29.6 Å². The van der Waals surface area contributed by atoms with Gasteiger partial charge in [-0.05, 0) is 38.0 Å². The summed E-state index contributed by atoms with van der Waals surface area (Å²) in [5.74, 6) is -0.838. The van der Waals surface area contributed by atoms with E-state index in [1.54, 1.807) is 25.2 Å². The Morgan fingerprint density at radius 3 is 2.48 bits per heavy atom. The van der Waals surface area contributed by atoms with Crippen molar-refractivity contribution in [2.75, 3.05) is 7.11 Å². The highest BCUT2D eigenvalue weighted by molar-refractivity contribution is 6.29. The van der Waals surface area contributed by atoms with Gasteiger partial charge in [-0.2, -0.15) is 0 Å². The standard InChI is InChI=1S/C31H46ClN3O7/c1-20(19-21(2)24-16-17-25(40-7)29(38)42-24)11-8-9-13-26(36)35-27(31(4,5)6)28(37)34-18-10-12-23(41-30(33)39)15-14-22(3)32/h8,10-11,14,17-19,21,23-24,27H,9,12-13,15-16H2,1-7H3,(H2,33,39)(H,34,37)(H,35,36)/b11-8-,18-10-,20-19+,22-14+/t21-,23+,24-,27+/m0/s1. The zero-order valence-electron chi connectivity index (χ0n) is 25.7. The SMILES string of the molecule is COC1=CC[C@@H]([C@@H](C)/C=C(C)/C=C\CCC(=O)N[C@H](C(=O)N/C=C\C[C@H](C/C=C(\C)Cl)OC(N)=O)C(C)(C)C)OC1=O. The van der Waals surface area contributed by atoms with Gasteiger partial charge in [0.2, 0.25) is 11.8 Å². The largest absolute Gasteiger partial charge is 0.490 e. The van der Waals surface area contributed by atoms with Crippen LogP contribution in [0.5, 0.6) is 0 Å². The van der Waals surface area contributed by atoms with Gasteiger partial charge in [0.1, 0.15) is 18.2 Å². The predicted molar refractivity (Wildman–Crippen MR) is 163 cm³/mol. The molecule has 4 N–H and O–H groups in total. The van der Waals surface area contributed by atoms with Gasteiger partial charge < -0.3 is 30.6 Å². The van der Waals surface area contributed by atoms with Crippen molar-refractivity contribution in [3.63, 3.8) is 0 Å². The molecule has 1 aliphatic rings. The van der Waals surface area contributed by atoms with Crippen LogP contribution in [0.4, 0.5) is 4.79 Å². The molecular formula is C31H46ClN3O7. The molecule has 4 atom stereocenters. The van der Waals surface area contributed by atoms with Crippen molar-refractivity contribution in [2.45, 2.75) is 91.9 Å². The number of nitrogens with one attached hydrogen (secondary N) is 2. The van der Waals surface area contributed by atoms with Crippen LogP contribution in [0.2, 0.25) is 0 Å². The van der Waals surface area contributed by atoms with E-state index in [1.807, 2.05) is 52.8 Å². The number of hydrogen-bond acceptors (Lipinski definition) is 7. The normalized spacial score (nSPS) is 18.6. The van der Waals surface area contributed by atoms with Gasteiger partial charge in [-0.3, -0.25) is 9.59 Å². The average Bonchev–Trinajstić information content (AvgIpc) is 2.89. The van der Waals surface area contributed by atoms with Gasteiger partial charge in [-0.15, -0.1) is 0 Å². The Bertz CT molecular complexity index is 1100. The molecule has 0 spiro atoms. The molecule has 1 aliphatic heterocycles. The van der Waals surface area contributed by atoms with E-state index in [1.165, 1.54) is 13.3 Å². The molecule has 11 heteroatoms. The van der Waals surface area contributed by atoms with Crippen molar-refractivity contribution in [3.05, 3.63) is 59.0 Å². The molecule has 0 aromatic rings. The molecule has 0 aliphatic carbocycles. The molecule has 0 fully saturated rings. The number of rotatable bonds is 15. The van der Waals surface area contributed by atoms with Gasteiger partial charge >= 0.3 is 12.1 Å². The van der Waals surface area contributed by atoms with Crippen molar-refractivity contribution in [1.29, 1.82) is 0 Å². The van der Waals surface area contributed by atoms with Gasteiger partial charge in [-0.25, -0.2) is 9.59 Å². The van der Waals surface area contributed by atoms with E-state index in [-0.39, 0.29) is 36.0 Å². The fourth-order valence-electron chi connectivity index (χ4n) is 4.10. The zero-order valence-corrected chi connectivity index (χ0v) is 26.5. The second-order valence-corrected chi connectivity index (χ2v) is 11.9. The Hall–Kier alpha value is -3.53.